The summed E-state index contributed by atoms with van der Waals surface area (Å²) in [5.41, 5.74) is 6.31. The fourth-order valence-electron chi connectivity index (χ4n) is 2.16. The van der Waals surface area contributed by atoms with Gasteiger partial charge in [0.2, 0.25) is 11.8 Å². The Morgan fingerprint density at radius 1 is 1.24 bits per heavy atom. The number of anilines is 1. The molecule has 6 heteroatoms. The second-order valence-electron chi connectivity index (χ2n) is 5.06. The van der Waals surface area contributed by atoms with E-state index in [1.54, 1.807) is 24.3 Å². The molecule has 1 aromatic carbocycles. The zero-order valence-electron chi connectivity index (χ0n) is 11.8. The molecule has 21 heavy (non-hydrogen) atoms. The SMILES string of the molecule is NC(=O)c1ccc(NC(=O)CCCCC2CCSS2)cc1. The van der Waals surface area contributed by atoms with Crippen molar-refractivity contribution in [3.05, 3.63) is 29.8 Å². The number of benzene rings is 1. The summed E-state index contributed by atoms with van der Waals surface area (Å²) in [4.78, 5) is 22.8. The summed E-state index contributed by atoms with van der Waals surface area (Å²) < 4.78 is 0. The average Bonchev–Trinajstić information content (AvgIpc) is 2.97. The van der Waals surface area contributed by atoms with Crippen LogP contribution in [-0.4, -0.2) is 22.8 Å². The molecule has 1 atom stereocenters. The molecule has 0 radical (unpaired) electrons. The molecule has 1 aliphatic rings. The van der Waals surface area contributed by atoms with Crippen molar-refractivity contribution >= 4 is 39.1 Å². The Labute approximate surface area is 133 Å². The van der Waals surface area contributed by atoms with E-state index in [2.05, 4.69) is 5.32 Å². The number of hydrogen-bond donors (Lipinski definition) is 2. The number of nitrogens with two attached hydrogens (primary N) is 1. The van der Waals surface area contributed by atoms with Crippen LogP contribution in [0.2, 0.25) is 0 Å². The Morgan fingerprint density at radius 2 is 2.00 bits per heavy atom. The highest BCUT2D eigenvalue weighted by Gasteiger charge is 2.15. The number of carbonyl (C=O) groups is 2. The summed E-state index contributed by atoms with van der Waals surface area (Å²) in [5.74, 6) is 0.822. The lowest BCUT2D eigenvalue weighted by Crippen LogP contribution is -2.13. The van der Waals surface area contributed by atoms with Crippen LogP contribution in [0.25, 0.3) is 0 Å². The molecule has 1 aliphatic heterocycles. The first-order valence-electron chi connectivity index (χ1n) is 7.13. The highest BCUT2D eigenvalue weighted by atomic mass is 33.1. The molecule has 0 bridgehead atoms. The van der Waals surface area contributed by atoms with Crippen LogP contribution >= 0.6 is 21.6 Å². The normalized spacial score (nSPS) is 17.6. The van der Waals surface area contributed by atoms with Gasteiger partial charge in [-0.1, -0.05) is 28.0 Å². The number of carbonyl (C=O) groups excluding carboxylic acids is 2. The fraction of sp³-hybridized carbons (Fsp3) is 0.467. The molecule has 1 fully saturated rings. The van der Waals surface area contributed by atoms with Gasteiger partial charge in [-0.2, -0.15) is 0 Å². The summed E-state index contributed by atoms with van der Waals surface area (Å²) in [7, 11) is 3.94. The van der Waals surface area contributed by atoms with Gasteiger partial charge in [0.05, 0.1) is 0 Å². The maximum Gasteiger partial charge on any atom is 0.248 e. The Kier molecular flexibility index (Phi) is 6.45. The van der Waals surface area contributed by atoms with Crippen molar-refractivity contribution in [3.63, 3.8) is 0 Å². The smallest absolute Gasteiger partial charge is 0.248 e. The van der Waals surface area contributed by atoms with E-state index in [9.17, 15) is 9.59 Å². The Balaban J connectivity index is 1.65. The molecule has 1 heterocycles. The molecule has 0 aliphatic carbocycles. The van der Waals surface area contributed by atoms with Gasteiger partial charge in [0.1, 0.15) is 0 Å². The van der Waals surface area contributed by atoms with Crippen LogP contribution in [0.15, 0.2) is 24.3 Å². The molecule has 0 spiro atoms. The predicted molar refractivity (Wildman–Crippen MR) is 90.5 cm³/mol. The summed E-state index contributed by atoms with van der Waals surface area (Å²) in [6.45, 7) is 0. The molecule has 1 aromatic rings. The number of rotatable bonds is 7. The van der Waals surface area contributed by atoms with Gasteiger partial charge >= 0.3 is 0 Å². The molecular formula is C15H20N2O2S2. The molecule has 1 saturated heterocycles. The molecule has 1 unspecified atom stereocenters. The lowest BCUT2D eigenvalue weighted by Gasteiger charge is -2.08. The van der Waals surface area contributed by atoms with Crippen molar-refractivity contribution in [3.8, 4) is 0 Å². The summed E-state index contributed by atoms with van der Waals surface area (Å²) in [6, 6.07) is 6.63. The van der Waals surface area contributed by atoms with E-state index in [1.807, 2.05) is 21.6 Å². The van der Waals surface area contributed by atoms with Gasteiger partial charge in [0.15, 0.2) is 0 Å². The number of primary amides is 1. The van der Waals surface area contributed by atoms with Crippen molar-refractivity contribution in [2.24, 2.45) is 5.73 Å². The topological polar surface area (TPSA) is 72.2 Å². The maximum atomic E-state index is 11.8. The van der Waals surface area contributed by atoms with Crippen LogP contribution in [0.1, 0.15) is 42.5 Å². The predicted octanol–water partition coefficient (Wildman–Crippen LogP) is 3.44. The monoisotopic (exact) mass is 324 g/mol. The van der Waals surface area contributed by atoms with Crippen LogP contribution in [0.5, 0.6) is 0 Å². The van der Waals surface area contributed by atoms with Crippen molar-refractivity contribution in [1.29, 1.82) is 0 Å². The largest absolute Gasteiger partial charge is 0.366 e. The molecule has 4 nitrogen and oxygen atoms in total. The number of nitrogens with one attached hydrogen (secondary N) is 1. The minimum absolute atomic E-state index is 0.0234. The van der Waals surface area contributed by atoms with Gasteiger partial charge in [-0.05, 0) is 43.5 Å². The third-order valence-electron chi connectivity index (χ3n) is 3.36. The lowest BCUT2D eigenvalue weighted by atomic mass is 10.1. The summed E-state index contributed by atoms with van der Waals surface area (Å²) in [6.07, 6.45) is 5.08. The first kappa shape index (κ1) is 16.2. The molecule has 0 aromatic heterocycles. The Morgan fingerprint density at radius 3 is 2.62 bits per heavy atom. The second-order valence-corrected chi connectivity index (χ2v) is 7.85. The molecule has 0 saturated carbocycles. The van der Waals surface area contributed by atoms with Gasteiger partial charge < -0.3 is 11.1 Å². The minimum Gasteiger partial charge on any atom is -0.366 e. The molecule has 3 N–H and O–H groups in total. The Hall–Kier alpha value is -1.14. The van der Waals surface area contributed by atoms with Crippen molar-refractivity contribution in [1.82, 2.24) is 0 Å². The van der Waals surface area contributed by atoms with E-state index in [-0.39, 0.29) is 5.91 Å². The zero-order valence-corrected chi connectivity index (χ0v) is 13.5. The highest BCUT2D eigenvalue weighted by Crippen LogP contribution is 2.39. The van der Waals surface area contributed by atoms with E-state index in [4.69, 9.17) is 5.73 Å². The minimum atomic E-state index is -0.462. The van der Waals surface area contributed by atoms with Gasteiger partial charge in [0.25, 0.3) is 0 Å². The van der Waals surface area contributed by atoms with E-state index in [0.29, 0.717) is 17.7 Å². The second kappa shape index (κ2) is 8.34. The van der Waals surface area contributed by atoms with Crippen LogP contribution in [0.3, 0.4) is 0 Å². The third-order valence-corrected chi connectivity index (χ3v) is 6.37. The first-order chi connectivity index (χ1) is 10.1. The molecule has 2 amide bonds. The van der Waals surface area contributed by atoms with E-state index in [0.717, 1.165) is 18.1 Å². The van der Waals surface area contributed by atoms with Crippen molar-refractivity contribution < 1.29 is 9.59 Å². The molecule has 2 rings (SSSR count). The summed E-state index contributed by atoms with van der Waals surface area (Å²) >= 11 is 0. The van der Waals surface area contributed by atoms with Gasteiger partial charge in [-0.25, -0.2) is 0 Å². The third kappa shape index (κ3) is 5.63. The van der Waals surface area contributed by atoms with Crippen LogP contribution in [0.4, 0.5) is 5.69 Å². The standard InChI is InChI=1S/C15H20N2O2S2/c16-15(19)11-5-7-12(8-6-11)17-14(18)4-2-1-3-13-9-10-20-21-13/h5-8,13H,1-4,9-10H2,(H2,16,19)(H,17,18). The molecule has 114 valence electrons. The summed E-state index contributed by atoms with van der Waals surface area (Å²) in [5, 5.41) is 3.61. The quantitative estimate of drug-likeness (QED) is 0.595. The lowest BCUT2D eigenvalue weighted by molar-refractivity contribution is -0.116. The number of amides is 2. The van der Waals surface area contributed by atoms with Crippen LogP contribution in [-0.2, 0) is 4.79 Å². The Bertz CT molecular complexity index is 485. The maximum absolute atomic E-state index is 11.8. The van der Waals surface area contributed by atoms with Gasteiger partial charge in [-0.3, -0.25) is 9.59 Å². The number of unbranched alkanes of at least 4 members (excludes halogenated alkanes) is 1. The average molecular weight is 324 g/mol. The first-order valence-corrected chi connectivity index (χ1v) is 9.51. The van der Waals surface area contributed by atoms with Crippen molar-refractivity contribution in [2.45, 2.75) is 37.4 Å². The van der Waals surface area contributed by atoms with Gasteiger partial charge in [-0.15, -0.1) is 0 Å². The van der Waals surface area contributed by atoms with E-state index in [1.165, 1.54) is 18.6 Å². The van der Waals surface area contributed by atoms with Crippen molar-refractivity contribution in [2.75, 3.05) is 11.1 Å². The molecular weight excluding hydrogens is 304 g/mol. The van der Waals surface area contributed by atoms with Crippen LogP contribution in [0, 0.1) is 0 Å². The fourth-order valence-corrected chi connectivity index (χ4v) is 5.19. The number of hydrogen-bond acceptors (Lipinski definition) is 4. The zero-order chi connectivity index (χ0) is 15.1. The highest BCUT2D eigenvalue weighted by molar-refractivity contribution is 8.77. The van der Waals surface area contributed by atoms with E-state index >= 15 is 0 Å². The van der Waals surface area contributed by atoms with Crippen LogP contribution < -0.4 is 11.1 Å². The van der Waals surface area contributed by atoms with E-state index < -0.39 is 5.91 Å². The van der Waals surface area contributed by atoms with Gasteiger partial charge in [0, 0.05) is 28.7 Å².